The fourth-order valence-electron chi connectivity index (χ4n) is 1.44. The van der Waals surface area contributed by atoms with E-state index in [2.05, 4.69) is 10.3 Å². The van der Waals surface area contributed by atoms with E-state index in [4.69, 9.17) is 22.1 Å². The van der Waals surface area contributed by atoms with Gasteiger partial charge in [-0.2, -0.15) is 0 Å². The molecule has 19 heavy (non-hydrogen) atoms. The summed E-state index contributed by atoms with van der Waals surface area (Å²) in [6, 6.07) is -0.706. The first-order valence-corrected chi connectivity index (χ1v) is 6.15. The minimum atomic E-state index is -0.706. The van der Waals surface area contributed by atoms with Crippen LogP contribution in [-0.2, 0) is 9.53 Å². The van der Waals surface area contributed by atoms with E-state index >= 15 is 0 Å². The van der Waals surface area contributed by atoms with Crippen LogP contribution in [-0.4, -0.2) is 35.7 Å². The van der Waals surface area contributed by atoms with Gasteiger partial charge in [-0.25, -0.2) is 4.98 Å². The van der Waals surface area contributed by atoms with Gasteiger partial charge in [0.15, 0.2) is 5.15 Å². The molecule has 0 saturated heterocycles. The standard InChI is InChI=1S/C11H17ClN4O3/c1-7(10(17)14-4-3-5-19-2)16-6-15-9(12)8(13)11(16)18/h6-7H,3-5,13H2,1-2H3,(H,14,17). The molecular weight excluding hydrogens is 272 g/mol. The van der Waals surface area contributed by atoms with Crippen LogP contribution in [0.5, 0.6) is 0 Å². The molecule has 1 heterocycles. The first-order valence-electron chi connectivity index (χ1n) is 5.77. The molecule has 3 N–H and O–H groups in total. The average molecular weight is 289 g/mol. The van der Waals surface area contributed by atoms with Gasteiger partial charge in [0.25, 0.3) is 5.56 Å². The molecule has 1 atom stereocenters. The largest absolute Gasteiger partial charge is 0.392 e. The van der Waals surface area contributed by atoms with Crippen LogP contribution in [0, 0.1) is 0 Å². The number of anilines is 1. The Balaban J connectivity index is 2.72. The predicted octanol–water partition coefficient (Wildman–Crippen LogP) is 0.193. The lowest BCUT2D eigenvalue weighted by molar-refractivity contribution is -0.124. The van der Waals surface area contributed by atoms with Gasteiger partial charge < -0.3 is 15.8 Å². The third kappa shape index (κ3) is 3.93. The van der Waals surface area contributed by atoms with E-state index in [-0.39, 0.29) is 16.7 Å². The number of amides is 1. The van der Waals surface area contributed by atoms with Crippen molar-refractivity contribution in [3.05, 3.63) is 21.8 Å². The van der Waals surface area contributed by atoms with Crippen molar-refractivity contribution in [3.8, 4) is 0 Å². The van der Waals surface area contributed by atoms with E-state index in [1.54, 1.807) is 14.0 Å². The van der Waals surface area contributed by atoms with Gasteiger partial charge >= 0.3 is 0 Å². The molecule has 1 amide bonds. The molecule has 8 heteroatoms. The van der Waals surface area contributed by atoms with Gasteiger partial charge in [0.1, 0.15) is 18.1 Å². The smallest absolute Gasteiger partial charge is 0.278 e. The predicted molar refractivity (Wildman–Crippen MR) is 72.1 cm³/mol. The normalized spacial score (nSPS) is 12.2. The molecule has 0 aliphatic rings. The highest BCUT2D eigenvalue weighted by molar-refractivity contribution is 6.31. The first kappa shape index (κ1) is 15.5. The molecule has 0 aromatic carbocycles. The Hall–Kier alpha value is -1.60. The summed E-state index contributed by atoms with van der Waals surface area (Å²) in [4.78, 5) is 27.4. The maximum Gasteiger partial charge on any atom is 0.278 e. The van der Waals surface area contributed by atoms with Crippen LogP contribution < -0.4 is 16.6 Å². The lowest BCUT2D eigenvalue weighted by Gasteiger charge is -2.15. The van der Waals surface area contributed by atoms with Gasteiger partial charge in [0.05, 0.1) is 0 Å². The fraction of sp³-hybridized carbons (Fsp3) is 0.545. The van der Waals surface area contributed by atoms with Crippen LogP contribution in [0.1, 0.15) is 19.4 Å². The number of nitrogens with one attached hydrogen (secondary N) is 1. The highest BCUT2D eigenvalue weighted by atomic mass is 35.5. The average Bonchev–Trinajstić information content (AvgIpc) is 2.40. The van der Waals surface area contributed by atoms with E-state index in [0.717, 1.165) is 4.57 Å². The molecule has 0 aliphatic carbocycles. The van der Waals surface area contributed by atoms with Gasteiger partial charge in [-0.1, -0.05) is 11.6 Å². The van der Waals surface area contributed by atoms with Crippen molar-refractivity contribution in [1.29, 1.82) is 0 Å². The number of carbonyl (C=O) groups is 1. The fourth-order valence-corrected chi connectivity index (χ4v) is 1.56. The molecule has 0 aliphatic heterocycles. The Kier molecular flexibility index (Phi) is 5.78. The van der Waals surface area contributed by atoms with Crippen LogP contribution >= 0.6 is 11.6 Å². The van der Waals surface area contributed by atoms with Crippen LogP contribution in [0.25, 0.3) is 0 Å². The second kappa shape index (κ2) is 7.10. The number of halogens is 1. The van der Waals surface area contributed by atoms with E-state index in [1.165, 1.54) is 6.33 Å². The zero-order chi connectivity index (χ0) is 14.4. The number of nitrogens with two attached hydrogens (primary N) is 1. The van der Waals surface area contributed by atoms with Crippen molar-refractivity contribution >= 4 is 23.2 Å². The lowest BCUT2D eigenvalue weighted by atomic mass is 10.3. The van der Waals surface area contributed by atoms with Gasteiger partial charge in [0.2, 0.25) is 5.91 Å². The van der Waals surface area contributed by atoms with Crippen LogP contribution in [0.15, 0.2) is 11.1 Å². The summed E-state index contributed by atoms with van der Waals surface area (Å²) in [5, 5.41) is 2.64. The summed E-state index contributed by atoms with van der Waals surface area (Å²) in [5.74, 6) is -0.290. The topological polar surface area (TPSA) is 99.2 Å². The van der Waals surface area contributed by atoms with E-state index in [9.17, 15) is 9.59 Å². The number of nitrogen functional groups attached to an aromatic ring is 1. The molecule has 0 saturated carbocycles. The SMILES string of the molecule is COCCCNC(=O)C(C)n1cnc(Cl)c(N)c1=O. The van der Waals surface area contributed by atoms with E-state index in [1.807, 2.05) is 0 Å². The summed E-state index contributed by atoms with van der Waals surface area (Å²) in [7, 11) is 1.59. The molecule has 0 radical (unpaired) electrons. The summed E-state index contributed by atoms with van der Waals surface area (Å²) < 4.78 is 6.01. The minimum absolute atomic E-state index is 0.0612. The molecule has 106 valence electrons. The Morgan fingerprint density at radius 1 is 1.68 bits per heavy atom. The molecule has 7 nitrogen and oxygen atoms in total. The van der Waals surface area contributed by atoms with Gasteiger partial charge in [-0.3, -0.25) is 14.2 Å². The number of hydrogen-bond acceptors (Lipinski definition) is 5. The molecule has 0 spiro atoms. The molecule has 1 aromatic heterocycles. The number of ether oxygens (including phenoxy) is 1. The first-order chi connectivity index (χ1) is 8.99. The maximum atomic E-state index is 11.8. The van der Waals surface area contributed by atoms with Crippen molar-refractivity contribution < 1.29 is 9.53 Å². The van der Waals surface area contributed by atoms with Crippen LogP contribution in [0.4, 0.5) is 5.69 Å². The van der Waals surface area contributed by atoms with Crippen molar-refractivity contribution in [2.45, 2.75) is 19.4 Å². The lowest BCUT2D eigenvalue weighted by Crippen LogP contribution is -2.37. The molecule has 1 unspecified atom stereocenters. The summed E-state index contributed by atoms with van der Waals surface area (Å²) in [6.45, 7) is 2.62. The van der Waals surface area contributed by atoms with Crippen LogP contribution in [0.2, 0.25) is 5.15 Å². The van der Waals surface area contributed by atoms with Crippen molar-refractivity contribution in [3.63, 3.8) is 0 Å². The monoisotopic (exact) mass is 288 g/mol. The quantitative estimate of drug-likeness (QED) is 0.575. The van der Waals surface area contributed by atoms with Crippen molar-refractivity contribution in [2.75, 3.05) is 26.0 Å². The molecule has 0 bridgehead atoms. The molecule has 1 rings (SSSR count). The van der Waals surface area contributed by atoms with Crippen LogP contribution in [0.3, 0.4) is 0 Å². The number of aromatic nitrogens is 2. The number of hydrogen-bond donors (Lipinski definition) is 2. The Bertz CT molecular complexity index is 503. The summed E-state index contributed by atoms with van der Waals surface area (Å²) >= 11 is 5.62. The third-order valence-electron chi connectivity index (χ3n) is 2.60. The second-order valence-electron chi connectivity index (χ2n) is 3.97. The van der Waals surface area contributed by atoms with Gasteiger partial charge in [0, 0.05) is 20.3 Å². The Morgan fingerprint density at radius 3 is 3.00 bits per heavy atom. The Morgan fingerprint density at radius 2 is 2.37 bits per heavy atom. The number of nitrogens with zero attached hydrogens (tertiary/aromatic N) is 2. The number of rotatable bonds is 6. The van der Waals surface area contributed by atoms with Gasteiger partial charge in [-0.15, -0.1) is 0 Å². The van der Waals surface area contributed by atoms with Gasteiger partial charge in [-0.05, 0) is 13.3 Å². The molecular formula is C11H17ClN4O3. The van der Waals surface area contributed by atoms with Crippen molar-refractivity contribution in [2.24, 2.45) is 0 Å². The zero-order valence-corrected chi connectivity index (χ0v) is 11.6. The highest BCUT2D eigenvalue weighted by Crippen LogP contribution is 2.10. The van der Waals surface area contributed by atoms with E-state index in [0.29, 0.717) is 19.6 Å². The molecule has 1 aromatic rings. The minimum Gasteiger partial charge on any atom is -0.392 e. The van der Waals surface area contributed by atoms with E-state index < -0.39 is 11.6 Å². The van der Waals surface area contributed by atoms with Crippen molar-refractivity contribution in [1.82, 2.24) is 14.9 Å². The number of carbonyl (C=O) groups excluding carboxylic acids is 1. The highest BCUT2D eigenvalue weighted by Gasteiger charge is 2.17. The maximum absolute atomic E-state index is 11.8. The zero-order valence-electron chi connectivity index (χ0n) is 10.9. The Labute approximate surface area is 115 Å². The summed E-state index contributed by atoms with van der Waals surface area (Å²) in [6.07, 6.45) is 1.91. The number of methoxy groups -OCH3 is 1. The molecule has 0 fully saturated rings. The second-order valence-corrected chi connectivity index (χ2v) is 4.33. The summed E-state index contributed by atoms with van der Waals surface area (Å²) in [5.41, 5.74) is 4.79. The third-order valence-corrected chi connectivity index (χ3v) is 2.91.